The normalized spacial score (nSPS) is 27.6. The van der Waals surface area contributed by atoms with Gasteiger partial charge in [0, 0.05) is 12.6 Å². The second-order valence-electron chi connectivity index (χ2n) is 5.00. The summed E-state index contributed by atoms with van der Waals surface area (Å²) in [5.41, 5.74) is 0.886. The van der Waals surface area contributed by atoms with Gasteiger partial charge in [0.15, 0.2) is 0 Å². The third-order valence-electron chi connectivity index (χ3n) is 3.10. The van der Waals surface area contributed by atoms with Gasteiger partial charge in [-0.15, -0.1) is 0 Å². The van der Waals surface area contributed by atoms with Crippen molar-refractivity contribution in [3.05, 3.63) is 12.2 Å². The zero-order valence-corrected chi connectivity index (χ0v) is 9.82. The first-order valence-electron chi connectivity index (χ1n) is 5.76. The van der Waals surface area contributed by atoms with Crippen LogP contribution >= 0.6 is 0 Å². The number of imide groups is 1. The second kappa shape index (κ2) is 4.01. The van der Waals surface area contributed by atoms with Crippen LogP contribution in [0.1, 0.15) is 20.3 Å². The van der Waals surface area contributed by atoms with Gasteiger partial charge in [-0.05, 0) is 12.0 Å². The Bertz CT molecular complexity index is 329. The summed E-state index contributed by atoms with van der Waals surface area (Å²) in [5.74, 6) is -0.00175. The van der Waals surface area contributed by atoms with Crippen molar-refractivity contribution in [2.45, 2.75) is 26.3 Å². The molecule has 1 aliphatic heterocycles. The number of nitrogens with one attached hydrogen (secondary N) is 1. The van der Waals surface area contributed by atoms with E-state index in [1.54, 1.807) is 0 Å². The topological polar surface area (TPSA) is 49.4 Å². The fourth-order valence-corrected chi connectivity index (χ4v) is 2.03. The molecule has 1 N–H and O–H groups in total. The van der Waals surface area contributed by atoms with Gasteiger partial charge < -0.3 is 5.32 Å². The van der Waals surface area contributed by atoms with Gasteiger partial charge in [0.2, 0.25) is 11.8 Å². The van der Waals surface area contributed by atoms with Crippen LogP contribution in [0.4, 0.5) is 0 Å². The van der Waals surface area contributed by atoms with E-state index in [2.05, 4.69) is 25.7 Å². The highest BCUT2D eigenvalue weighted by molar-refractivity contribution is 6.09. The predicted molar refractivity (Wildman–Crippen MR) is 60.6 cm³/mol. The first kappa shape index (κ1) is 11.3. The SMILES string of the molecule is C=C(CNC(C)C)CN1C(=O)C2CC2C1=O. The number of amides is 2. The number of nitrogens with zero attached hydrogens (tertiary/aromatic N) is 1. The smallest absolute Gasteiger partial charge is 0.233 e. The minimum Gasteiger partial charge on any atom is -0.311 e. The lowest BCUT2D eigenvalue weighted by Crippen LogP contribution is -2.37. The van der Waals surface area contributed by atoms with Crippen LogP contribution in [0.5, 0.6) is 0 Å². The highest BCUT2D eigenvalue weighted by atomic mass is 16.2. The molecule has 2 rings (SSSR count). The zero-order chi connectivity index (χ0) is 11.9. The molecule has 4 heteroatoms. The molecule has 4 nitrogen and oxygen atoms in total. The molecule has 2 amide bonds. The van der Waals surface area contributed by atoms with Gasteiger partial charge in [0.1, 0.15) is 0 Å². The summed E-state index contributed by atoms with van der Waals surface area (Å²) in [6.45, 7) is 9.03. The summed E-state index contributed by atoms with van der Waals surface area (Å²) in [6, 6.07) is 0.384. The molecular formula is C12H18N2O2. The molecule has 88 valence electrons. The van der Waals surface area contributed by atoms with Crippen molar-refractivity contribution >= 4 is 11.8 Å². The Morgan fingerprint density at radius 1 is 1.44 bits per heavy atom. The van der Waals surface area contributed by atoms with Gasteiger partial charge >= 0.3 is 0 Å². The molecule has 2 fully saturated rings. The summed E-state index contributed by atoms with van der Waals surface area (Å²) in [6.07, 6.45) is 0.769. The standard InChI is InChI=1S/C12H18N2O2/c1-7(2)13-5-8(3)6-14-11(15)9-4-10(9)12(14)16/h7,9-10,13H,3-6H2,1-2H3. The summed E-state index contributed by atoms with van der Waals surface area (Å²) < 4.78 is 0. The molecule has 2 unspecified atom stereocenters. The Labute approximate surface area is 95.7 Å². The van der Waals surface area contributed by atoms with Crippen LogP contribution in [0.15, 0.2) is 12.2 Å². The number of likely N-dealkylation sites (tertiary alicyclic amines) is 1. The summed E-state index contributed by atoms with van der Waals surface area (Å²) in [7, 11) is 0. The van der Waals surface area contributed by atoms with Crippen molar-refractivity contribution < 1.29 is 9.59 Å². The molecule has 1 saturated carbocycles. The fraction of sp³-hybridized carbons (Fsp3) is 0.667. The summed E-state index contributed by atoms with van der Waals surface area (Å²) in [4.78, 5) is 24.7. The minimum absolute atomic E-state index is 0.000645. The molecule has 1 saturated heterocycles. The van der Waals surface area contributed by atoms with E-state index in [0.29, 0.717) is 19.1 Å². The second-order valence-corrected chi connectivity index (χ2v) is 5.00. The van der Waals surface area contributed by atoms with E-state index in [9.17, 15) is 9.59 Å². The van der Waals surface area contributed by atoms with Gasteiger partial charge in [0.25, 0.3) is 0 Å². The Morgan fingerprint density at radius 3 is 2.50 bits per heavy atom. The van der Waals surface area contributed by atoms with Gasteiger partial charge in [-0.1, -0.05) is 20.4 Å². The minimum atomic E-state index is -0.00152. The Balaban J connectivity index is 1.83. The fourth-order valence-electron chi connectivity index (χ4n) is 2.03. The highest BCUT2D eigenvalue weighted by Crippen LogP contribution is 2.46. The van der Waals surface area contributed by atoms with Crippen LogP contribution in [-0.2, 0) is 9.59 Å². The number of hydrogen-bond donors (Lipinski definition) is 1. The van der Waals surface area contributed by atoms with Crippen molar-refractivity contribution in [2.75, 3.05) is 13.1 Å². The van der Waals surface area contributed by atoms with Gasteiger partial charge in [-0.3, -0.25) is 14.5 Å². The number of fused-ring (bicyclic) bond motifs is 1. The Morgan fingerprint density at radius 2 is 2.00 bits per heavy atom. The molecule has 2 aliphatic rings. The molecule has 2 atom stereocenters. The van der Waals surface area contributed by atoms with Crippen LogP contribution in [0.3, 0.4) is 0 Å². The molecule has 0 aromatic rings. The average molecular weight is 222 g/mol. The highest BCUT2D eigenvalue weighted by Gasteiger charge is 2.58. The quantitative estimate of drug-likeness (QED) is 0.546. The summed E-state index contributed by atoms with van der Waals surface area (Å²) in [5, 5.41) is 3.22. The zero-order valence-electron chi connectivity index (χ0n) is 9.82. The number of carbonyl (C=O) groups excluding carboxylic acids is 2. The summed E-state index contributed by atoms with van der Waals surface area (Å²) >= 11 is 0. The maximum Gasteiger partial charge on any atom is 0.233 e. The van der Waals surface area contributed by atoms with Crippen molar-refractivity contribution in [1.82, 2.24) is 10.2 Å². The molecule has 0 aromatic heterocycles. The van der Waals surface area contributed by atoms with Crippen LogP contribution in [0, 0.1) is 11.8 Å². The monoisotopic (exact) mass is 222 g/mol. The molecule has 1 heterocycles. The maximum absolute atomic E-state index is 11.7. The molecule has 0 radical (unpaired) electrons. The van der Waals surface area contributed by atoms with E-state index in [4.69, 9.17) is 0 Å². The van der Waals surface area contributed by atoms with E-state index in [1.807, 2.05) is 0 Å². The van der Waals surface area contributed by atoms with Gasteiger partial charge in [-0.2, -0.15) is 0 Å². The third kappa shape index (κ3) is 2.02. The van der Waals surface area contributed by atoms with Crippen LogP contribution in [-0.4, -0.2) is 35.8 Å². The third-order valence-corrected chi connectivity index (χ3v) is 3.10. The number of rotatable bonds is 5. The van der Waals surface area contributed by atoms with E-state index in [-0.39, 0.29) is 23.7 Å². The Hall–Kier alpha value is -1.16. The Kier molecular flexibility index (Phi) is 2.84. The van der Waals surface area contributed by atoms with Gasteiger partial charge in [-0.25, -0.2) is 0 Å². The van der Waals surface area contributed by atoms with Crippen molar-refractivity contribution in [1.29, 1.82) is 0 Å². The molecule has 1 aliphatic carbocycles. The first-order valence-corrected chi connectivity index (χ1v) is 5.76. The van der Waals surface area contributed by atoms with Crippen molar-refractivity contribution in [3.63, 3.8) is 0 Å². The van der Waals surface area contributed by atoms with Gasteiger partial charge in [0.05, 0.1) is 18.4 Å². The molecule has 0 bridgehead atoms. The van der Waals surface area contributed by atoms with Crippen molar-refractivity contribution in [2.24, 2.45) is 11.8 Å². The number of hydrogen-bond acceptors (Lipinski definition) is 3. The lowest BCUT2D eigenvalue weighted by Gasteiger charge is -2.18. The number of carbonyl (C=O) groups is 2. The average Bonchev–Trinajstić information content (AvgIpc) is 2.96. The lowest BCUT2D eigenvalue weighted by atomic mass is 10.2. The molecule has 0 spiro atoms. The van der Waals surface area contributed by atoms with E-state index >= 15 is 0 Å². The van der Waals surface area contributed by atoms with Crippen LogP contribution < -0.4 is 5.32 Å². The largest absolute Gasteiger partial charge is 0.311 e. The first-order chi connectivity index (χ1) is 7.50. The van der Waals surface area contributed by atoms with E-state index in [0.717, 1.165) is 12.0 Å². The van der Waals surface area contributed by atoms with E-state index < -0.39 is 0 Å². The van der Waals surface area contributed by atoms with Crippen LogP contribution in [0.25, 0.3) is 0 Å². The number of piperidine rings is 1. The van der Waals surface area contributed by atoms with E-state index in [1.165, 1.54) is 4.90 Å². The maximum atomic E-state index is 11.7. The molecule has 0 aromatic carbocycles. The predicted octanol–water partition coefficient (Wildman–Crippen LogP) is 0.545. The molecule has 16 heavy (non-hydrogen) atoms. The van der Waals surface area contributed by atoms with Crippen LogP contribution in [0.2, 0.25) is 0 Å². The lowest BCUT2D eigenvalue weighted by molar-refractivity contribution is -0.140. The van der Waals surface area contributed by atoms with Crippen molar-refractivity contribution in [3.8, 4) is 0 Å². The molecular weight excluding hydrogens is 204 g/mol.